The third-order valence-corrected chi connectivity index (χ3v) is 3.69. The molecular weight excluding hydrogens is 326 g/mol. The smallest absolute Gasteiger partial charge is 0.342 e. The number of hydrogen-bond acceptors (Lipinski definition) is 6. The topological polar surface area (TPSA) is 98.9 Å². The zero-order chi connectivity index (χ0) is 18.4. The lowest BCUT2D eigenvalue weighted by atomic mass is 9.98. The van der Waals surface area contributed by atoms with Crippen LogP contribution in [-0.4, -0.2) is 29.7 Å². The van der Waals surface area contributed by atoms with Crippen LogP contribution in [0.3, 0.4) is 0 Å². The summed E-state index contributed by atoms with van der Waals surface area (Å²) >= 11 is 0. The average molecular weight is 345 g/mol. The van der Waals surface area contributed by atoms with Crippen molar-refractivity contribution in [2.24, 2.45) is 0 Å². The fourth-order valence-corrected chi connectivity index (χ4v) is 2.48. The van der Waals surface area contributed by atoms with Gasteiger partial charge in [-0.2, -0.15) is 0 Å². The minimum Gasteiger partial charge on any atom is -0.496 e. The van der Waals surface area contributed by atoms with Crippen molar-refractivity contribution in [1.82, 2.24) is 0 Å². The SMILES string of the molecule is CCOC(=O)c1cc([N+](=O)[O-])c(CC(O)c2ccccc2)cc1OC. The third-order valence-electron chi connectivity index (χ3n) is 3.69. The Bertz CT molecular complexity index is 760. The summed E-state index contributed by atoms with van der Waals surface area (Å²) in [6, 6.07) is 11.4. The highest BCUT2D eigenvalue weighted by atomic mass is 16.6. The molecule has 7 nitrogen and oxygen atoms in total. The zero-order valence-electron chi connectivity index (χ0n) is 14.0. The van der Waals surface area contributed by atoms with Crippen LogP contribution >= 0.6 is 0 Å². The van der Waals surface area contributed by atoms with E-state index in [1.54, 1.807) is 31.2 Å². The van der Waals surface area contributed by atoms with Gasteiger partial charge < -0.3 is 14.6 Å². The largest absolute Gasteiger partial charge is 0.496 e. The summed E-state index contributed by atoms with van der Waals surface area (Å²) in [5.74, 6) is -0.531. The van der Waals surface area contributed by atoms with E-state index in [1.807, 2.05) is 6.07 Å². The molecule has 2 aromatic carbocycles. The highest BCUT2D eigenvalue weighted by Gasteiger charge is 2.25. The number of benzene rings is 2. The van der Waals surface area contributed by atoms with Crippen LogP contribution in [0, 0.1) is 10.1 Å². The molecule has 0 aromatic heterocycles. The average Bonchev–Trinajstić information content (AvgIpc) is 2.61. The molecule has 1 N–H and O–H groups in total. The van der Waals surface area contributed by atoms with Gasteiger partial charge in [-0.15, -0.1) is 0 Å². The summed E-state index contributed by atoms with van der Waals surface area (Å²) in [4.78, 5) is 22.8. The number of methoxy groups -OCH3 is 1. The molecule has 1 unspecified atom stereocenters. The van der Waals surface area contributed by atoms with Crippen molar-refractivity contribution in [2.75, 3.05) is 13.7 Å². The summed E-state index contributed by atoms with van der Waals surface area (Å²) in [6.07, 6.45) is -0.905. The first kappa shape index (κ1) is 18.4. The molecule has 0 amide bonds. The summed E-state index contributed by atoms with van der Waals surface area (Å²) in [7, 11) is 1.36. The number of ether oxygens (including phenoxy) is 2. The molecule has 0 fully saturated rings. The summed E-state index contributed by atoms with van der Waals surface area (Å²) in [6.45, 7) is 1.79. The number of nitro benzene ring substituents is 1. The van der Waals surface area contributed by atoms with Crippen LogP contribution in [0.2, 0.25) is 0 Å². The lowest BCUT2D eigenvalue weighted by Crippen LogP contribution is -2.10. The number of carbonyl (C=O) groups is 1. The van der Waals surface area contributed by atoms with Gasteiger partial charge in [-0.3, -0.25) is 10.1 Å². The van der Waals surface area contributed by atoms with Gasteiger partial charge in [0.25, 0.3) is 5.69 Å². The van der Waals surface area contributed by atoms with Crippen LogP contribution in [0.15, 0.2) is 42.5 Å². The van der Waals surface area contributed by atoms with Crippen molar-refractivity contribution in [2.45, 2.75) is 19.4 Å². The molecule has 2 aromatic rings. The second-order valence-corrected chi connectivity index (χ2v) is 5.29. The highest BCUT2D eigenvalue weighted by Crippen LogP contribution is 2.32. The third kappa shape index (κ3) is 4.33. The second-order valence-electron chi connectivity index (χ2n) is 5.29. The monoisotopic (exact) mass is 345 g/mol. The van der Waals surface area contributed by atoms with E-state index in [-0.39, 0.29) is 35.6 Å². The quantitative estimate of drug-likeness (QED) is 0.470. The van der Waals surface area contributed by atoms with E-state index in [1.165, 1.54) is 13.2 Å². The van der Waals surface area contributed by atoms with Crippen molar-refractivity contribution in [3.05, 3.63) is 69.3 Å². The fourth-order valence-electron chi connectivity index (χ4n) is 2.48. The Morgan fingerprint density at radius 1 is 1.28 bits per heavy atom. The van der Waals surface area contributed by atoms with E-state index in [4.69, 9.17) is 9.47 Å². The molecule has 0 aliphatic rings. The van der Waals surface area contributed by atoms with Gasteiger partial charge in [-0.1, -0.05) is 30.3 Å². The first-order valence-corrected chi connectivity index (χ1v) is 7.73. The van der Waals surface area contributed by atoms with Gasteiger partial charge in [0.05, 0.1) is 24.7 Å². The standard InChI is InChI=1S/C18H19NO6/c1-3-25-18(21)14-11-15(19(22)23)13(10-17(14)24-2)9-16(20)12-7-5-4-6-8-12/h4-8,10-11,16,20H,3,9H2,1-2H3. The predicted octanol–water partition coefficient (Wildman–Crippen LogP) is 3.06. The van der Waals surface area contributed by atoms with Crippen molar-refractivity contribution in [3.63, 3.8) is 0 Å². The molecule has 0 radical (unpaired) electrons. The number of rotatable bonds is 7. The molecule has 0 heterocycles. The van der Waals surface area contributed by atoms with Crippen LogP contribution in [-0.2, 0) is 11.2 Å². The summed E-state index contributed by atoms with van der Waals surface area (Å²) in [5.41, 5.74) is 0.629. The molecule has 1 atom stereocenters. The maximum Gasteiger partial charge on any atom is 0.342 e. The number of nitrogens with zero attached hydrogens (tertiary/aromatic N) is 1. The van der Waals surface area contributed by atoms with Crippen LogP contribution in [0.5, 0.6) is 5.75 Å². The van der Waals surface area contributed by atoms with E-state index >= 15 is 0 Å². The van der Waals surface area contributed by atoms with Crippen molar-refractivity contribution < 1.29 is 24.3 Å². The Labute approximate surface area is 145 Å². The molecule has 0 spiro atoms. The highest BCUT2D eigenvalue weighted by molar-refractivity contribution is 5.93. The van der Waals surface area contributed by atoms with Gasteiger partial charge >= 0.3 is 5.97 Å². The molecule has 0 bridgehead atoms. The van der Waals surface area contributed by atoms with Gasteiger partial charge in [0.15, 0.2) is 0 Å². The van der Waals surface area contributed by atoms with Gasteiger partial charge in [0.2, 0.25) is 0 Å². The van der Waals surface area contributed by atoms with Gasteiger partial charge in [-0.25, -0.2) is 4.79 Å². The first-order valence-electron chi connectivity index (χ1n) is 7.73. The molecule has 0 saturated carbocycles. The van der Waals surface area contributed by atoms with Crippen LogP contribution in [0.1, 0.15) is 34.5 Å². The molecule has 7 heteroatoms. The van der Waals surface area contributed by atoms with Crippen LogP contribution < -0.4 is 4.74 Å². The molecule has 0 aliphatic carbocycles. The summed E-state index contributed by atoms with van der Waals surface area (Å²) in [5, 5.41) is 21.8. The van der Waals surface area contributed by atoms with E-state index in [2.05, 4.69) is 0 Å². The number of hydrogen-bond donors (Lipinski definition) is 1. The van der Waals surface area contributed by atoms with Crippen molar-refractivity contribution in [3.8, 4) is 5.75 Å². The van der Waals surface area contributed by atoms with Crippen molar-refractivity contribution >= 4 is 11.7 Å². The van der Waals surface area contributed by atoms with E-state index in [0.29, 0.717) is 5.56 Å². The summed E-state index contributed by atoms with van der Waals surface area (Å²) < 4.78 is 10.1. The lowest BCUT2D eigenvalue weighted by Gasteiger charge is -2.14. The van der Waals surface area contributed by atoms with Gasteiger partial charge in [0.1, 0.15) is 11.3 Å². The Kier molecular flexibility index (Phi) is 6.08. The van der Waals surface area contributed by atoms with Gasteiger partial charge in [0, 0.05) is 18.1 Å². The fraction of sp³-hybridized carbons (Fsp3) is 0.278. The normalized spacial score (nSPS) is 11.6. The Balaban J connectivity index is 2.43. The lowest BCUT2D eigenvalue weighted by molar-refractivity contribution is -0.385. The predicted molar refractivity (Wildman–Crippen MR) is 90.7 cm³/mol. The first-order chi connectivity index (χ1) is 12.0. The molecule has 0 saturated heterocycles. The molecule has 0 aliphatic heterocycles. The number of carbonyl (C=O) groups excluding carboxylic acids is 1. The number of nitro groups is 1. The Morgan fingerprint density at radius 2 is 1.96 bits per heavy atom. The zero-order valence-corrected chi connectivity index (χ0v) is 14.0. The Morgan fingerprint density at radius 3 is 2.52 bits per heavy atom. The number of aliphatic hydroxyl groups is 1. The van der Waals surface area contributed by atoms with E-state index in [0.717, 1.165) is 6.07 Å². The van der Waals surface area contributed by atoms with E-state index < -0.39 is 17.0 Å². The minimum absolute atomic E-state index is 0.0137. The number of esters is 1. The second kappa shape index (κ2) is 8.25. The van der Waals surface area contributed by atoms with Gasteiger partial charge in [-0.05, 0) is 18.6 Å². The maximum atomic E-state index is 12.0. The number of aliphatic hydroxyl groups excluding tert-OH is 1. The molecule has 2 rings (SSSR count). The Hall–Kier alpha value is -2.93. The molecule has 25 heavy (non-hydrogen) atoms. The molecule has 132 valence electrons. The van der Waals surface area contributed by atoms with Crippen LogP contribution in [0.4, 0.5) is 5.69 Å². The van der Waals surface area contributed by atoms with Crippen molar-refractivity contribution in [1.29, 1.82) is 0 Å². The maximum absolute atomic E-state index is 12.0. The molecular formula is C18H19NO6. The van der Waals surface area contributed by atoms with Crippen LogP contribution in [0.25, 0.3) is 0 Å². The van der Waals surface area contributed by atoms with E-state index in [9.17, 15) is 20.0 Å². The minimum atomic E-state index is -0.918.